The molecule has 3 heterocycles. The zero-order valence-electron chi connectivity index (χ0n) is 12.2. The maximum atomic E-state index is 13.5. The Morgan fingerprint density at radius 1 is 1.52 bits per heavy atom. The van der Waals surface area contributed by atoms with E-state index >= 15 is 0 Å². The van der Waals surface area contributed by atoms with E-state index in [1.54, 1.807) is 17.4 Å². The van der Waals surface area contributed by atoms with Gasteiger partial charge in [0.2, 0.25) is 0 Å². The van der Waals surface area contributed by atoms with Crippen LogP contribution in [0.15, 0.2) is 29.1 Å². The molecule has 0 unspecified atom stereocenters. The lowest BCUT2D eigenvalue weighted by molar-refractivity contribution is 0.554. The highest BCUT2D eigenvalue weighted by atomic mass is 32.1. The van der Waals surface area contributed by atoms with Crippen molar-refractivity contribution >= 4 is 17.0 Å². The van der Waals surface area contributed by atoms with Crippen molar-refractivity contribution in [3.05, 3.63) is 46.2 Å². The summed E-state index contributed by atoms with van der Waals surface area (Å²) in [6, 6.07) is 4.09. The SMILES string of the molecule is CCNCC[C@H](c1ccsc1)N1CCc2ncc(F)cc21. The summed E-state index contributed by atoms with van der Waals surface area (Å²) in [7, 11) is 0. The average Bonchev–Trinajstić information content (AvgIpc) is 3.13. The molecule has 0 aliphatic carbocycles. The molecule has 1 atom stereocenters. The molecule has 1 aliphatic heterocycles. The molecule has 112 valence electrons. The van der Waals surface area contributed by atoms with Gasteiger partial charge in [-0.3, -0.25) is 4.98 Å². The number of anilines is 1. The molecule has 0 saturated carbocycles. The molecule has 1 aliphatic rings. The van der Waals surface area contributed by atoms with E-state index in [4.69, 9.17) is 0 Å². The van der Waals surface area contributed by atoms with Gasteiger partial charge in [-0.25, -0.2) is 4.39 Å². The smallest absolute Gasteiger partial charge is 0.143 e. The first-order valence-electron chi connectivity index (χ1n) is 7.43. The standard InChI is InChI=1S/C16H20FN3S/c1-2-18-6-3-15(12-5-8-21-11-12)20-7-4-14-16(20)9-13(17)10-19-14/h5,8-11,15,18H,2-4,6-7H2,1H3/t15-/m1/s1. The Balaban J connectivity index is 1.86. The van der Waals surface area contributed by atoms with Gasteiger partial charge < -0.3 is 10.2 Å². The number of hydrogen-bond acceptors (Lipinski definition) is 4. The van der Waals surface area contributed by atoms with Crippen LogP contribution in [0.2, 0.25) is 0 Å². The van der Waals surface area contributed by atoms with Crippen LogP contribution in [0.3, 0.4) is 0 Å². The molecule has 0 fully saturated rings. The number of aromatic nitrogens is 1. The summed E-state index contributed by atoms with van der Waals surface area (Å²) in [6.45, 7) is 4.97. The summed E-state index contributed by atoms with van der Waals surface area (Å²) in [4.78, 5) is 6.55. The van der Waals surface area contributed by atoms with Crippen LogP contribution in [0.4, 0.5) is 10.1 Å². The van der Waals surface area contributed by atoms with Crippen molar-refractivity contribution < 1.29 is 4.39 Å². The van der Waals surface area contributed by atoms with E-state index in [-0.39, 0.29) is 5.82 Å². The molecule has 0 spiro atoms. The van der Waals surface area contributed by atoms with Crippen LogP contribution in [0, 0.1) is 5.82 Å². The van der Waals surface area contributed by atoms with Gasteiger partial charge in [0, 0.05) is 19.0 Å². The molecule has 21 heavy (non-hydrogen) atoms. The third-order valence-corrected chi connectivity index (χ3v) is 4.66. The first kappa shape index (κ1) is 14.5. The predicted molar refractivity (Wildman–Crippen MR) is 85.5 cm³/mol. The highest BCUT2D eigenvalue weighted by Gasteiger charge is 2.28. The third-order valence-electron chi connectivity index (χ3n) is 3.96. The number of fused-ring (bicyclic) bond motifs is 1. The van der Waals surface area contributed by atoms with E-state index < -0.39 is 0 Å². The Bertz CT molecular complexity index is 585. The van der Waals surface area contributed by atoms with E-state index in [0.29, 0.717) is 6.04 Å². The molecule has 5 heteroatoms. The van der Waals surface area contributed by atoms with Crippen LogP contribution in [-0.2, 0) is 6.42 Å². The molecule has 2 aromatic rings. The Morgan fingerprint density at radius 3 is 3.19 bits per heavy atom. The molecule has 0 aromatic carbocycles. The lowest BCUT2D eigenvalue weighted by atomic mass is 10.1. The van der Waals surface area contributed by atoms with Gasteiger partial charge in [-0.1, -0.05) is 6.92 Å². The van der Waals surface area contributed by atoms with Crippen molar-refractivity contribution in [2.24, 2.45) is 0 Å². The van der Waals surface area contributed by atoms with Crippen molar-refractivity contribution in [2.75, 3.05) is 24.5 Å². The maximum Gasteiger partial charge on any atom is 0.143 e. The number of halogens is 1. The topological polar surface area (TPSA) is 28.2 Å². The third kappa shape index (κ3) is 3.09. The van der Waals surface area contributed by atoms with Gasteiger partial charge in [0.1, 0.15) is 5.82 Å². The molecule has 0 bridgehead atoms. The van der Waals surface area contributed by atoms with E-state index in [1.165, 1.54) is 11.8 Å². The molecule has 0 radical (unpaired) electrons. The van der Waals surface area contributed by atoms with Gasteiger partial charge >= 0.3 is 0 Å². The lowest BCUT2D eigenvalue weighted by Gasteiger charge is -2.30. The van der Waals surface area contributed by atoms with Crippen LogP contribution in [0.25, 0.3) is 0 Å². The number of hydrogen-bond donors (Lipinski definition) is 1. The van der Waals surface area contributed by atoms with Gasteiger partial charge in [-0.05, 0) is 41.9 Å². The minimum atomic E-state index is -0.253. The van der Waals surface area contributed by atoms with Crippen molar-refractivity contribution in [3.8, 4) is 0 Å². The highest BCUT2D eigenvalue weighted by Crippen LogP contribution is 2.36. The normalized spacial score (nSPS) is 15.2. The number of pyridine rings is 1. The first-order valence-corrected chi connectivity index (χ1v) is 8.37. The minimum Gasteiger partial charge on any atom is -0.362 e. The van der Waals surface area contributed by atoms with E-state index in [0.717, 1.165) is 43.9 Å². The number of rotatable bonds is 6. The van der Waals surface area contributed by atoms with Gasteiger partial charge in [0.25, 0.3) is 0 Å². The van der Waals surface area contributed by atoms with Crippen LogP contribution in [0.5, 0.6) is 0 Å². The Hall–Kier alpha value is -1.46. The summed E-state index contributed by atoms with van der Waals surface area (Å²) >= 11 is 1.71. The number of nitrogens with zero attached hydrogens (tertiary/aromatic N) is 2. The average molecular weight is 305 g/mol. The monoisotopic (exact) mass is 305 g/mol. The lowest BCUT2D eigenvalue weighted by Crippen LogP contribution is -2.29. The quantitative estimate of drug-likeness (QED) is 0.829. The van der Waals surface area contributed by atoms with Crippen molar-refractivity contribution in [3.63, 3.8) is 0 Å². The molecule has 0 amide bonds. The van der Waals surface area contributed by atoms with Gasteiger partial charge in [0.15, 0.2) is 0 Å². The zero-order valence-corrected chi connectivity index (χ0v) is 13.0. The largest absolute Gasteiger partial charge is 0.362 e. The van der Waals surface area contributed by atoms with Crippen LogP contribution in [0.1, 0.15) is 30.6 Å². The Kier molecular flexibility index (Phi) is 4.51. The van der Waals surface area contributed by atoms with Crippen molar-refractivity contribution in [1.29, 1.82) is 0 Å². The van der Waals surface area contributed by atoms with Crippen LogP contribution in [-0.4, -0.2) is 24.6 Å². The van der Waals surface area contributed by atoms with E-state index in [9.17, 15) is 4.39 Å². The van der Waals surface area contributed by atoms with E-state index in [2.05, 4.69) is 39.0 Å². The molecular weight excluding hydrogens is 285 g/mol. The summed E-state index contributed by atoms with van der Waals surface area (Å²) in [5.41, 5.74) is 3.29. The molecule has 2 aromatic heterocycles. The minimum absolute atomic E-state index is 0.253. The molecule has 0 saturated heterocycles. The second-order valence-electron chi connectivity index (χ2n) is 5.28. The van der Waals surface area contributed by atoms with Crippen LogP contribution < -0.4 is 10.2 Å². The first-order chi connectivity index (χ1) is 10.3. The molecule has 3 nitrogen and oxygen atoms in total. The number of thiophene rings is 1. The van der Waals surface area contributed by atoms with Crippen molar-refractivity contribution in [2.45, 2.75) is 25.8 Å². The van der Waals surface area contributed by atoms with E-state index in [1.807, 2.05) is 0 Å². The predicted octanol–water partition coefficient (Wildman–Crippen LogP) is 3.39. The number of nitrogens with one attached hydrogen (secondary N) is 1. The summed E-state index contributed by atoms with van der Waals surface area (Å²) in [5, 5.41) is 7.69. The van der Waals surface area contributed by atoms with Gasteiger partial charge in [-0.2, -0.15) is 11.3 Å². The molecule has 3 rings (SSSR count). The van der Waals surface area contributed by atoms with Gasteiger partial charge in [-0.15, -0.1) is 0 Å². The fourth-order valence-corrected chi connectivity index (χ4v) is 3.66. The summed E-state index contributed by atoms with van der Waals surface area (Å²) in [5.74, 6) is -0.253. The highest BCUT2D eigenvalue weighted by molar-refractivity contribution is 7.08. The Morgan fingerprint density at radius 2 is 2.43 bits per heavy atom. The fraction of sp³-hybridized carbons (Fsp3) is 0.438. The van der Waals surface area contributed by atoms with Crippen molar-refractivity contribution in [1.82, 2.24) is 10.3 Å². The second-order valence-corrected chi connectivity index (χ2v) is 6.06. The van der Waals surface area contributed by atoms with Crippen LogP contribution >= 0.6 is 11.3 Å². The Labute approximate surface area is 128 Å². The second kappa shape index (κ2) is 6.54. The zero-order chi connectivity index (χ0) is 14.7. The van der Waals surface area contributed by atoms with Gasteiger partial charge in [0.05, 0.1) is 23.6 Å². The molecular formula is C16H20FN3S. The fourth-order valence-electron chi connectivity index (χ4n) is 2.95. The molecule has 1 N–H and O–H groups in total. The maximum absolute atomic E-state index is 13.5. The summed E-state index contributed by atoms with van der Waals surface area (Å²) < 4.78 is 13.5. The summed E-state index contributed by atoms with van der Waals surface area (Å²) in [6.07, 6.45) is 3.23.